The number of carbonyl (C=O) groups is 1. The van der Waals surface area contributed by atoms with E-state index in [0.717, 1.165) is 17.5 Å². The number of amides is 1. The molecule has 3 rings (SSSR count). The van der Waals surface area contributed by atoms with E-state index in [-0.39, 0.29) is 17.9 Å². The first-order chi connectivity index (χ1) is 13.0. The largest absolute Gasteiger partial charge is 0.340 e. The van der Waals surface area contributed by atoms with E-state index in [1.807, 2.05) is 50.2 Å². The molecule has 2 atom stereocenters. The Morgan fingerprint density at radius 2 is 1.96 bits per heavy atom. The normalized spacial score (nSPS) is 13.2. The fourth-order valence-corrected chi connectivity index (χ4v) is 2.89. The topological polar surface area (TPSA) is 68.0 Å². The van der Waals surface area contributed by atoms with Gasteiger partial charge < -0.3 is 9.84 Å². The molecule has 2 aromatic carbocycles. The fourth-order valence-electron chi connectivity index (χ4n) is 2.71. The van der Waals surface area contributed by atoms with Crippen LogP contribution in [0.25, 0.3) is 11.4 Å². The fraction of sp³-hybridized carbons (Fsp3) is 0.286. The van der Waals surface area contributed by atoms with Crippen molar-refractivity contribution >= 4 is 17.5 Å². The second kappa shape index (κ2) is 8.35. The van der Waals surface area contributed by atoms with Gasteiger partial charge in [-0.2, -0.15) is 4.98 Å². The van der Waals surface area contributed by atoms with Crippen LogP contribution >= 0.6 is 11.6 Å². The minimum absolute atomic E-state index is 0.132. The second-order valence-electron chi connectivity index (χ2n) is 6.62. The van der Waals surface area contributed by atoms with Crippen molar-refractivity contribution in [2.45, 2.75) is 33.2 Å². The standard InChI is InChI=1S/C21H22ClN3O2/c1-4-13(2)18(23-20(26)15-8-6-5-7-9-15)21-24-19(25-27-21)16-11-10-14(3)17(22)12-16/h5-13,18H,4H2,1-3H3,(H,23,26)/t13-,18+/m1/s1. The molecule has 1 heterocycles. The minimum Gasteiger partial charge on any atom is -0.340 e. The predicted molar refractivity (Wildman–Crippen MR) is 106 cm³/mol. The molecule has 1 amide bonds. The van der Waals surface area contributed by atoms with Gasteiger partial charge >= 0.3 is 0 Å². The Hall–Kier alpha value is -2.66. The number of halogens is 1. The molecule has 0 saturated carbocycles. The average molecular weight is 384 g/mol. The van der Waals surface area contributed by atoms with E-state index >= 15 is 0 Å². The summed E-state index contributed by atoms with van der Waals surface area (Å²) in [5.74, 6) is 0.807. The highest BCUT2D eigenvalue weighted by Crippen LogP contribution is 2.28. The summed E-state index contributed by atoms with van der Waals surface area (Å²) in [5, 5.41) is 7.75. The van der Waals surface area contributed by atoms with E-state index in [0.29, 0.717) is 22.3 Å². The molecule has 6 heteroatoms. The number of hydrogen-bond acceptors (Lipinski definition) is 4. The highest BCUT2D eigenvalue weighted by molar-refractivity contribution is 6.31. The molecule has 1 N–H and O–H groups in total. The molecule has 0 bridgehead atoms. The monoisotopic (exact) mass is 383 g/mol. The van der Waals surface area contributed by atoms with Crippen LogP contribution in [0.5, 0.6) is 0 Å². The number of aromatic nitrogens is 2. The number of rotatable bonds is 6. The summed E-state index contributed by atoms with van der Waals surface area (Å²) in [4.78, 5) is 17.1. The van der Waals surface area contributed by atoms with E-state index < -0.39 is 0 Å². The van der Waals surface area contributed by atoms with E-state index in [9.17, 15) is 4.79 Å². The Labute approximate surface area is 163 Å². The van der Waals surface area contributed by atoms with Crippen LogP contribution < -0.4 is 5.32 Å². The molecular weight excluding hydrogens is 362 g/mol. The van der Waals surface area contributed by atoms with Crippen molar-refractivity contribution in [2.75, 3.05) is 0 Å². The Balaban J connectivity index is 1.86. The highest BCUT2D eigenvalue weighted by atomic mass is 35.5. The molecule has 5 nitrogen and oxygen atoms in total. The Morgan fingerprint density at radius 3 is 2.63 bits per heavy atom. The molecule has 3 aromatic rings. The van der Waals surface area contributed by atoms with Gasteiger partial charge in [0, 0.05) is 16.1 Å². The minimum atomic E-state index is -0.370. The van der Waals surface area contributed by atoms with Crippen molar-refractivity contribution in [1.82, 2.24) is 15.5 Å². The van der Waals surface area contributed by atoms with Crippen LogP contribution in [0.4, 0.5) is 0 Å². The lowest BCUT2D eigenvalue weighted by Gasteiger charge is -2.20. The zero-order valence-electron chi connectivity index (χ0n) is 15.6. The Kier molecular flexibility index (Phi) is 5.91. The van der Waals surface area contributed by atoms with Crippen LogP contribution in [0, 0.1) is 12.8 Å². The van der Waals surface area contributed by atoms with Crippen molar-refractivity contribution in [3.63, 3.8) is 0 Å². The summed E-state index contributed by atoms with van der Waals surface area (Å²) in [7, 11) is 0. The third-order valence-electron chi connectivity index (χ3n) is 4.67. The second-order valence-corrected chi connectivity index (χ2v) is 7.03. The summed E-state index contributed by atoms with van der Waals surface area (Å²) in [5.41, 5.74) is 2.35. The van der Waals surface area contributed by atoms with E-state index in [1.165, 1.54) is 0 Å². The number of nitrogens with zero attached hydrogens (tertiary/aromatic N) is 2. The predicted octanol–water partition coefficient (Wildman–Crippen LogP) is 5.22. The molecule has 1 aromatic heterocycles. The zero-order chi connectivity index (χ0) is 19.4. The third kappa shape index (κ3) is 4.37. The number of aryl methyl sites for hydroxylation is 1. The van der Waals surface area contributed by atoms with Crippen LogP contribution in [-0.4, -0.2) is 16.0 Å². The molecule has 27 heavy (non-hydrogen) atoms. The lowest BCUT2D eigenvalue weighted by atomic mass is 9.98. The van der Waals surface area contributed by atoms with Gasteiger partial charge in [0.05, 0.1) is 0 Å². The number of benzene rings is 2. The maximum absolute atomic E-state index is 12.6. The van der Waals surface area contributed by atoms with Gasteiger partial charge in [0.15, 0.2) is 0 Å². The van der Waals surface area contributed by atoms with Crippen molar-refractivity contribution in [3.8, 4) is 11.4 Å². The lowest BCUT2D eigenvalue weighted by molar-refractivity contribution is 0.0910. The molecule has 0 saturated heterocycles. The first-order valence-corrected chi connectivity index (χ1v) is 9.33. The zero-order valence-corrected chi connectivity index (χ0v) is 16.3. The first-order valence-electron chi connectivity index (χ1n) is 8.95. The first kappa shape index (κ1) is 19.1. The number of carbonyl (C=O) groups excluding carboxylic acids is 1. The van der Waals surface area contributed by atoms with Gasteiger partial charge in [-0.05, 0) is 36.6 Å². The van der Waals surface area contributed by atoms with Crippen molar-refractivity contribution < 1.29 is 9.32 Å². The van der Waals surface area contributed by atoms with Crippen molar-refractivity contribution in [1.29, 1.82) is 0 Å². The van der Waals surface area contributed by atoms with Crippen LogP contribution in [-0.2, 0) is 0 Å². The maximum atomic E-state index is 12.6. The third-order valence-corrected chi connectivity index (χ3v) is 5.08. The number of hydrogen-bond donors (Lipinski definition) is 1. The van der Waals surface area contributed by atoms with Gasteiger partial charge in [0.25, 0.3) is 5.91 Å². The Bertz CT molecular complexity index is 924. The molecular formula is C21H22ClN3O2. The summed E-state index contributed by atoms with van der Waals surface area (Å²) in [6.07, 6.45) is 0.855. The molecule has 0 spiro atoms. The van der Waals surface area contributed by atoms with E-state index in [4.69, 9.17) is 16.1 Å². The van der Waals surface area contributed by atoms with Gasteiger partial charge in [0.1, 0.15) is 6.04 Å². The molecule has 140 valence electrons. The summed E-state index contributed by atoms with van der Waals surface area (Å²) >= 11 is 6.20. The lowest BCUT2D eigenvalue weighted by Crippen LogP contribution is -2.32. The van der Waals surface area contributed by atoms with Gasteiger partial charge in [-0.3, -0.25) is 4.79 Å². The summed E-state index contributed by atoms with van der Waals surface area (Å²) in [6, 6.07) is 14.3. The van der Waals surface area contributed by atoms with Gasteiger partial charge in [0.2, 0.25) is 11.7 Å². The molecule has 0 radical (unpaired) electrons. The average Bonchev–Trinajstić information content (AvgIpc) is 3.18. The highest BCUT2D eigenvalue weighted by Gasteiger charge is 2.27. The maximum Gasteiger partial charge on any atom is 0.251 e. The molecule has 0 aliphatic rings. The van der Waals surface area contributed by atoms with Crippen LogP contribution in [0.1, 0.15) is 48.1 Å². The molecule has 0 aliphatic carbocycles. The van der Waals surface area contributed by atoms with Crippen LogP contribution in [0.15, 0.2) is 53.1 Å². The van der Waals surface area contributed by atoms with E-state index in [2.05, 4.69) is 22.4 Å². The van der Waals surface area contributed by atoms with Crippen molar-refractivity contribution in [3.05, 3.63) is 70.6 Å². The van der Waals surface area contributed by atoms with Crippen LogP contribution in [0.2, 0.25) is 5.02 Å². The molecule has 0 aliphatic heterocycles. The Morgan fingerprint density at radius 1 is 1.22 bits per heavy atom. The molecule has 0 fully saturated rings. The molecule has 0 unspecified atom stereocenters. The quantitative estimate of drug-likeness (QED) is 0.633. The number of nitrogens with one attached hydrogen (secondary N) is 1. The van der Waals surface area contributed by atoms with E-state index in [1.54, 1.807) is 12.1 Å². The van der Waals surface area contributed by atoms with Crippen molar-refractivity contribution in [2.24, 2.45) is 5.92 Å². The van der Waals surface area contributed by atoms with Gasteiger partial charge in [-0.1, -0.05) is 67.4 Å². The summed E-state index contributed by atoms with van der Waals surface area (Å²) in [6.45, 7) is 6.04. The SMILES string of the molecule is CC[C@@H](C)[C@H](NC(=O)c1ccccc1)c1nc(-c2ccc(C)c(Cl)c2)no1. The van der Waals surface area contributed by atoms with Crippen LogP contribution in [0.3, 0.4) is 0 Å². The summed E-state index contributed by atoms with van der Waals surface area (Å²) < 4.78 is 5.49. The smallest absolute Gasteiger partial charge is 0.251 e. The van der Waals surface area contributed by atoms with Gasteiger partial charge in [-0.25, -0.2) is 0 Å². The van der Waals surface area contributed by atoms with Gasteiger partial charge in [-0.15, -0.1) is 0 Å².